The quantitative estimate of drug-likeness (QED) is 0.605. The largest absolute Gasteiger partial charge is 0.490 e. The first-order valence-corrected chi connectivity index (χ1v) is 5.85. The normalized spacial score (nSPS) is 9.55. The highest BCUT2D eigenvalue weighted by Gasteiger charge is 2.07. The van der Waals surface area contributed by atoms with Crippen LogP contribution in [0.25, 0.3) is 0 Å². The standard InChI is InChI=1S/C14H11N3O3/c15-9-11-1-3-12(4-2-11)19-7-8-20-14(18)13-10-16-5-6-17-13/h1-6,10H,7-8H2. The minimum atomic E-state index is -0.540. The van der Waals surface area contributed by atoms with E-state index < -0.39 is 5.97 Å². The molecule has 0 aliphatic heterocycles. The van der Waals surface area contributed by atoms with Crippen LogP contribution in [0.5, 0.6) is 5.75 Å². The lowest BCUT2D eigenvalue weighted by atomic mass is 10.2. The van der Waals surface area contributed by atoms with E-state index in [2.05, 4.69) is 9.97 Å². The maximum Gasteiger partial charge on any atom is 0.358 e. The molecule has 0 aliphatic rings. The van der Waals surface area contributed by atoms with E-state index in [-0.39, 0.29) is 18.9 Å². The van der Waals surface area contributed by atoms with E-state index >= 15 is 0 Å². The van der Waals surface area contributed by atoms with Gasteiger partial charge in [0.2, 0.25) is 0 Å². The number of hydrogen-bond donors (Lipinski definition) is 0. The van der Waals surface area contributed by atoms with Crippen molar-refractivity contribution in [2.45, 2.75) is 0 Å². The Hall–Kier alpha value is -2.94. The van der Waals surface area contributed by atoms with Crippen LogP contribution < -0.4 is 4.74 Å². The van der Waals surface area contributed by atoms with Gasteiger partial charge < -0.3 is 9.47 Å². The van der Waals surface area contributed by atoms with Crippen molar-refractivity contribution in [2.75, 3.05) is 13.2 Å². The number of carbonyl (C=O) groups is 1. The summed E-state index contributed by atoms with van der Waals surface area (Å²) in [5.41, 5.74) is 0.720. The molecule has 0 saturated heterocycles. The number of esters is 1. The minimum absolute atomic E-state index is 0.107. The molecule has 1 heterocycles. The summed E-state index contributed by atoms with van der Waals surface area (Å²) >= 11 is 0. The fourth-order valence-electron chi connectivity index (χ4n) is 1.40. The van der Waals surface area contributed by atoms with Crippen molar-refractivity contribution in [3.05, 3.63) is 54.1 Å². The molecule has 6 heteroatoms. The lowest BCUT2D eigenvalue weighted by molar-refractivity contribution is 0.0443. The summed E-state index contributed by atoms with van der Waals surface area (Å²) in [6, 6.07) is 8.69. The van der Waals surface area contributed by atoms with Gasteiger partial charge in [-0.2, -0.15) is 5.26 Å². The van der Waals surface area contributed by atoms with Gasteiger partial charge in [-0.15, -0.1) is 0 Å². The summed E-state index contributed by atoms with van der Waals surface area (Å²) in [7, 11) is 0. The van der Waals surface area contributed by atoms with Crippen molar-refractivity contribution < 1.29 is 14.3 Å². The van der Waals surface area contributed by atoms with Crippen LogP contribution in [0, 0.1) is 11.3 Å². The SMILES string of the molecule is N#Cc1ccc(OCCOC(=O)c2cnccn2)cc1. The van der Waals surface area contributed by atoms with Crippen molar-refractivity contribution in [1.82, 2.24) is 9.97 Å². The Morgan fingerprint density at radius 3 is 2.65 bits per heavy atom. The van der Waals surface area contributed by atoms with Crippen molar-refractivity contribution in [3.8, 4) is 11.8 Å². The summed E-state index contributed by atoms with van der Waals surface area (Å²) in [6.07, 6.45) is 4.23. The van der Waals surface area contributed by atoms with Crippen molar-refractivity contribution in [3.63, 3.8) is 0 Å². The highest BCUT2D eigenvalue weighted by Crippen LogP contribution is 2.11. The zero-order chi connectivity index (χ0) is 14.2. The predicted octanol–water partition coefficient (Wildman–Crippen LogP) is 1.58. The van der Waals surface area contributed by atoms with Gasteiger partial charge in [-0.05, 0) is 24.3 Å². The van der Waals surface area contributed by atoms with Crippen molar-refractivity contribution in [1.29, 1.82) is 5.26 Å². The number of nitrogens with zero attached hydrogens (tertiary/aromatic N) is 3. The van der Waals surface area contributed by atoms with Crippen LogP contribution in [-0.2, 0) is 4.74 Å². The van der Waals surface area contributed by atoms with E-state index in [1.54, 1.807) is 24.3 Å². The zero-order valence-corrected chi connectivity index (χ0v) is 10.5. The molecule has 0 aliphatic carbocycles. The minimum Gasteiger partial charge on any atom is -0.490 e. The third kappa shape index (κ3) is 3.78. The molecule has 1 aromatic carbocycles. The van der Waals surface area contributed by atoms with Gasteiger partial charge in [0.05, 0.1) is 17.8 Å². The van der Waals surface area contributed by atoms with Gasteiger partial charge in [0.1, 0.15) is 19.0 Å². The summed E-state index contributed by atoms with van der Waals surface area (Å²) in [4.78, 5) is 19.1. The molecule has 0 unspecified atom stereocenters. The van der Waals surface area contributed by atoms with Gasteiger partial charge in [0, 0.05) is 12.4 Å². The van der Waals surface area contributed by atoms with Crippen molar-refractivity contribution in [2.24, 2.45) is 0 Å². The molecule has 0 bridgehead atoms. The van der Waals surface area contributed by atoms with E-state index in [0.29, 0.717) is 11.3 Å². The van der Waals surface area contributed by atoms with E-state index in [1.165, 1.54) is 18.6 Å². The molecule has 0 saturated carbocycles. The highest BCUT2D eigenvalue weighted by molar-refractivity contribution is 5.86. The molecule has 1 aromatic heterocycles. The Morgan fingerprint density at radius 1 is 1.20 bits per heavy atom. The summed E-state index contributed by atoms with van der Waals surface area (Å²) in [6.45, 7) is 0.327. The number of rotatable bonds is 5. The Kier molecular flexibility index (Phi) is 4.62. The lowest BCUT2D eigenvalue weighted by Gasteiger charge is -2.06. The molecule has 0 N–H and O–H groups in total. The Bertz CT molecular complexity index is 606. The average Bonchev–Trinajstić information content (AvgIpc) is 2.53. The van der Waals surface area contributed by atoms with Crippen molar-refractivity contribution >= 4 is 5.97 Å². The van der Waals surface area contributed by atoms with Crippen LogP contribution in [0.2, 0.25) is 0 Å². The Labute approximate surface area is 115 Å². The first-order valence-electron chi connectivity index (χ1n) is 5.85. The lowest BCUT2D eigenvalue weighted by Crippen LogP contribution is -2.13. The van der Waals surface area contributed by atoms with Crippen LogP contribution in [0.15, 0.2) is 42.9 Å². The molecule has 0 spiro atoms. The molecule has 0 amide bonds. The fourth-order valence-corrected chi connectivity index (χ4v) is 1.40. The Balaban J connectivity index is 1.74. The van der Waals surface area contributed by atoms with E-state index in [4.69, 9.17) is 14.7 Å². The number of carbonyl (C=O) groups excluding carboxylic acids is 1. The molecule has 0 atom stereocenters. The zero-order valence-electron chi connectivity index (χ0n) is 10.5. The Morgan fingerprint density at radius 2 is 2.00 bits per heavy atom. The monoisotopic (exact) mass is 269 g/mol. The average molecular weight is 269 g/mol. The van der Waals surface area contributed by atoms with Gasteiger partial charge in [0.25, 0.3) is 0 Å². The number of nitriles is 1. The first-order chi connectivity index (χ1) is 9.79. The van der Waals surface area contributed by atoms with E-state index in [1.807, 2.05) is 6.07 Å². The van der Waals surface area contributed by atoms with Gasteiger partial charge >= 0.3 is 5.97 Å². The van der Waals surface area contributed by atoms with Gasteiger partial charge in [-0.1, -0.05) is 0 Å². The van der Waals surface area contributed by atoms with Crippen LogP contribution in [0.4, 0.5) is 0 Å². The second-order valence-corrected chi connectivity index (χ2v) is 3.71. The van der Waals surface area contributed by atoms with E-state index in [0.717, 1.165) is 0 Å². The number of hydrogen-bond acceptors (Lipinski definition) is 6. The molecule has 2 rings (SSSR count). The first kappa shape index (κ1) is 13.5. The van der Waals surface area contributed by atoms with Crippen LogP contribution in [-0.4, -0.2) is 29.2 Å². The predicted molar refractivity (Wildman–Crippen MR) is 69.0 cm³/mol. The van der Waals surface area contributed by atoms with Crippen LogP contribution in [0.3, 0.4) is 0 Å². The molecular weight excluding hydrogens is 258 g/mol. The summed E-state index contributed by atoms with van der Waals surface area (Å²) in [5, 5.41) is 8.65. The molecule has 6 nitrogen and oxygen atoms in total. The van der Waals surface area contributed by atoms with Gasteiger partial charge in [0.15, 0.2) is 5.69 Å². The highest BCUT2D eigenvalue weighted by atomic mass is 16.6. The summed E-state index contributed by atoms with van der Waals surface area (Å²) in [5.74, 6) is 0.0704. The second kappa shape index (κ2) is 6.85. The maximum absolute atomic E-state index is 11.5. The topological polar surface area (TPSA) is 85.1 Å². The molecule has 20 heavy (non-hydrogen) atoms. The van der Waals surface area contributed by atoms with Gasteiger partial charge in [-0.25, -0.2) is 9.78 Å². The number of ether oxygens (including phenoxy) is 2. The molecule has 2 aromatic rings. The molecule has 100 valence electrons. The maximum atomic E-state index is 11.5. The fraction of sp³-hybridized carbons (Fsp3) is 0.143. The second-order valence-electron chi connectivity index (χ2n) is 3.71. The smallest absolute Gasteiger partial charge is 0.358 e. The van der Waals surface area contributed by atoms with Crippen LogP contribution in [0.1, 0.15) is 16.1 Å². The third-order valence-electron chi connectivity index (χ3n) is 2.34. The third-order valence-corrected chi connectivity index (χ3v) is 2.34. The van der Waals surface area contributed by atoms with Crippen LogP contribution >= 0.6 is 0 Å². The number of benzene rings is 1. The van der Waals surface area contributed by atoms with E-state index in [9.17, 15) is 4.79 Å². The number of aromatic nitrogens is 2. The summed E-state index contributed by atoms with van der Waals surface area (Å²) < 4.78 is 10.3. The molecule has 0 radical (unpaired) electrons. The van der Waals surface area contributed by atoms with Gasteiger partial charge in [-0.3, -0.25) is 4.98 Å². The molecular formula is C14H11N3O3. The molecule has 0 fully saturated rings.